The third kappa shape index (κ3) is 2.24. The first-order chi connectivity index (χ1) is 8.72. The number of rotatable bonds is 3. The van der Waals surface area contributed by atoms with Crippen LogP contribution in [0, 0.1) is 23.7 Å². The first kappa shape index (κ1) is 11.6. The number of amides is 1. The zero-order valence-corrected chi connectivity index (χ0v) is 10.2. The maximum Gasteiger partial charge on any atom is 0.252 e. The second kappa shape index (κ2) is 4.67. The van der Waals surface area contributed by atoms with Crippen LogP contribution in [0.25, 0.3) is 0 Å². The van der Waals surface area contributed by atoms with E-state index >= 15 is 0 Å². The molecule has 1 aromatic heterocycles. The van der Waals surface area contributed by atoms with E-state index in [1.807, 2.05) is 0 Å². The Kier molecular flexibility index (Phi) is 3.02. The Morgan fingerprint density at radius 1 is 1.39 bits per heavy atom. The van der Waals surface area contributed by atoms with Gasteiger partial charge in [-0.3, -0.25) is 4.79 Å². The fourth-order valence-electron chi connectivity index (χ4n) is 3.46. The molecule has 1 amide bonds. The molecule has 0 aliphatic heterocycles. The number of aromatic nitrogens is 1. The van der Waals surface area contributed by atoms with Crippen molar-refractivity contribution < 1.29 is 9.18 Å². The number of hydrogen-bond donors (Lipinski definition) is 1. The summed E-state index contributed by atoms with van der Waals surface area (Å²) in [6.45, 7) is 0.747. The summed E-state index contributed by atoms with van der Waals surface area (Å²) in [5.74, 6) is 1.64. The van der Waals surface area contributed by atoms with Gasteiger partial charge in [-0.1, -0.05) is 6.42 Å². The molecule has 1 N–H and O–H groups in total. The third-order valence-corrected chi connectivity index (χ3v) is 4.40. The summed E-state index contributed by atoms with van der Waals surface area (Å²) in [5, 5.41) is 2.94. The molecule has 2 aliphatic rings. The summed E-state index contributed by atoms with van der Waals surface area (Å²) in [7, 11) is 0. The minimum absolute atomic E-state index is 0.148. The van der Waals surface area contributed by atoms with E-state index in [0.29, 0.717) is 11.5 Å². The number of pyridine rings is 1. The van der Waals surface area contributed by atoms with Gasteiger partial charge in [0.15, 0.2) is 0 Å². The highest BCUT2D eigenvalue weighted by Crippen LogP contribution is 2.47. The lowest BCUT2D eigenvalue weighted by atomic mass is 9.89. The lowest BCUT2D eigenvalue weighted by Gasteiger charge is -2.21. The van der Waals surface area contributed by atoms with Crippen LogP contribution < -0.4 is 5.32 Å². The van der Waals surface area contributed by atoms with Crippen LogP contribution in [-0.4, -0.2) is 17.4 Å². The summed E-state index contributed by atoms with van der Waals surface area (Å²) in [5.41, 5.74) is 0.430. The van der Waals surface area contributed by atoms with Gasteiger partial charge >= 0.3 is 0 Å². The first-order valence-electron chi connectivity index (χ1n) is 6.62. The number of hydrogen-bond acceptors (Lipinski definition) is 2. The summed E-state index contributed by atoms with van der Waals surface area (Å²) < 4.78 is 12.6. The number of carbonyl (C=O) groups is 1. The van der Waals surface area contributed by atoms with Crippen molar-refractivity contribution in [2.45, 2.75) is 25.7 Å². The van der Waals surface area contributed by atoms with Crippen LogP contribution in [0.3, 0.4) is 0 Å². The second-order valence-corrected chi connectivity index (χ2v) is 5.51. The Morgan fingerprint density at radius 2 is 2.28 bits per heavy atom. The quantitative estimate of drug-likeness (QED) is 0.834. The minimum atomic E-state index is -0.556. The number of fused-ring (bicyclic) bond motifs is 2. The molecule has 3 atom stereocenters. The molecular formula is C14H17FN2O. The highest BCUT2D eigenvalue weighted by atomic mass is 19.1. The minimum Gasteiger partial charge on any atom is -0.352 e. The van der Waals surface area contributed by atoms with E-state index in [9.17, 15) is 9.18 Å². The molecule has 1 aromatic rings. The van der Waals surface area contributed by atoms with Crippen molar-refractivity contribution in [1.82, 2.24) is 10.3 Å². The van der Waals surface area contributed by atoms with Crippen molar-refractivity contribution in [2.24, 2.45) is 17.8 Å². The molecule has 2 fully saturated rings. The van der Waals surface area contributed by atoms with Crippen molar-refractivity contribution >= 4 is 5.91 Å². The molecule has 0 spiro atoms. The zero-order chi connectivity index (χ0) is 12.5. The molecule has 3 rings (SSSR count). The van der Waals surface area contributed by atoms with E-state index in [1.165, 1.54) is 44.0 Å². The van der Waals surface area contributed by atoms with Crippen molar-refractivity contribution in [3.63, 3.8) is 0 Å². The number of carbonyl (C=O) groups excluding carboxylic acids is 1. The van der Waals surface area contributed by atoms with Gasteiger partial charge in [0.2, 0.25) is 5.95 Å². The molecule has 0 saturated heterocycles. The standard InChI is InChI=1S/C14H17FN2O/c15-13-4-3-11(7-16-13)14(18)17-8-12-6-9-1-2-10(12)5-9/h3-4,7,9-10,12H,1-2,5-6,8H2,(H,17,18). The fourth-order valence-corrected chi connectivity index (χ4v) is 3.46. The van der Waals surface area contributed by atoms with Gasteiger partial charge < -0.3 is 5.32 Å². The number of halogens is 1. The molecule has 3 unspecified atom stereocenters. The van der Waals surface area contributed by atoms with Gasteiger partial charge in [-0.15, -0.1) is 0 Å². The lowest BCUT2D eigenvalue weighted by molar-refractivity contribution is 0.0941. The van der Waals surface area contributed by atoms with E-state index in [0.717, 1.165) is 18.4 Å². The Morgan fingerprint density at radius 3 is 2.89 bits per heavy atom. The molecule has 18 heavy (non-hydrogen) atoms. The van der Waals surface area contributed by atoms with Crippen LogP contribution in [-0.2, 0) is 0 Å². The monoisotopic (exact) mass is 248 g/mol. The van der Waals surface area contributed by atoms with E-state index in [-0.39, 0.29) is 5.91 Å². The summed E-state index contributed by atoms with van der Waals surface area (Å²) in [6.07, 6.45) is 6.58. The zero-order valence-electron chi connectivity index (χ0n) is 10.2. The van der Waals surface area contributed by atoms with E-state index < -0.39 is 5.95 Å². The van der Waals surface area contributed by atoms with Crippen LogP contribution in [0.5, 0.6) is 0 Å². The predicted octanol–water partition coefficient (Wildman–Crippen LogP) is 2.39. The third-order valence-electron chi connectivity index (χ3n) is 4.40. The van der Waals surface area contributed by atoms with E-state index in [1.54, 1.807) is 0 Å². The maximum absolute atomic E-state index is 12.6. The molecule has 96 valence electrons. The molecule has 2 saturated carbocycles. The molecule has 0 aromatic carbocycles. The smallest absolute Gasteiger partial charge is 0.252 e. The van der Waals surface area contributed by atoms with Crippen LogP contribution in [0.15, 0.2) is 18.3 Å². The van der Waals surface area contributed by atoms with Gasteiger partial charge in [0, 0.05) is 12.7 Å². The Balaban J connectivity index is 1.54. The van der Waals surface area contributed by atoms with Crippen molar-refractivity contribution in [2.75, 3.05) is 6.54 Å². The van der Waals surface area contributed by atoms with Crippen LogP contribution in [0.4, 0.5) is 4.39 Å². The van der Waals surface area contributed by atoms with Gasteiger partial charge in [-0.2, -0.15) is 4.39 Å². The van der Waals surface area contributed by atoms with Crippen LogP contribution in [0.1, 0.15) is 36.0 Å². The fraction of sp³-hybridized carbons (Fsp3) is 0.571. The van der Waals surface area contributed by atoms with Gasteiger partial charge in [0.25, 0.3) is 5.91 Å². The van der Waals surface area contributed by atoms with Gasteiger partial charge in [0.1, 0.15) is 0 Å². The highest BCUT2D eigenvalue weighted by Gasteiger charge is 2.39. The van der Waals surface area contributed by atoms with Gasteiger partial charge in [-0.25, -0.2) is 4.98 Å². The number of nitrogens with zero attached hydrogens (tertiary/aromatic N) is 1. The normalized spacial score (nSPS) is 29.5. The Hall–Kier alpha value is -1.45. The Bertz CT molecular complexity index is 446. The molecule has 1 heterocycles. The van der Waals surface area contributed by atoms with Gasteiger partial charge in [-0.05, 0) is 49.1 Å². The molecule has 2 aliphatic carbocycles. The first-order valence-corrected chi connectivity index (χ1v) is 6.62. The summed E-state index contributed by atoms with van der Waals surface area (Å²) in [6, 6.07) is 2.69. The van der Waals surface area contributed by atoms with E-state index in [2.05, 4.69) is 10.3 Å². The summed E-state index contributed by atoms with van der Waals surface area (Å²) in [4.78, 5) is 15.3. The maximum atomic E-state index is 12.6. The topological polar surface area (TPSA) is 42.0 Å². The molecular weight excluding hydrogens is 231 g/mol. The molecule has 4 heteroatoms. The van der Waals surface area contributed by atoms with Gasteiger partial charge in [0.05, 0.1) is 5.56 Å². The van der Waals surface area contributed by atoms with Crippen molar-refractivity contribution in [3.05, 3.63) is 29.8 Å². The number of nitrogens with one attached hydrogen (secondary N) is 1. The second-order valence-electron chi connectivity index (χ2n) is 5.51. The summed E-state index contributed by atoms with van der Waals surface area (Å²) >= 11 is 0. The predicted molar refractivity (Wildman–Crippen MR) is 65.5 cm³/mol. The van der Waals surface area contributed by atoms with Crippen molar-refractivity contribution in [3.8, 4) is 0 Å². The Labute approximate surface area is 106 Å². The lowest BCUT2D eigenvalue weighted by Crippen LogP contribution is -2.31. The van der Waals surface area contributed by atoms with E-state index in [4.69, 9.17) is 0 Å². The van der Waals surface area contributed by atoms with Crippen LogP contribution in [0.2, 0.25) is 0 Å². The van der Waals surface area contributed by atoms with Crippen molar-refractivity contribution in [1.29, 1.82) is 0 Å². The average molecular weight is 248 g/mol. The molecule has 0 radical (unpaired) electrons. The molecule has 3 nitrogen and oxygen atoms in total. The largest absolute Gasteiger partial charge is 0.352 e. The highest BCUT2D eigenvalue weighted by molar-refractivity contribution is 5.93. The average Bonchev–Trinajstić information content (AvgIpc) is 2.99. The van der Waals surface area contributed by atoms with Crippen LogP contribution >= 0.6 is 0 Å². The SMILES string of the molecule is O=C(NCC1CC2CCC1C2)c1ccc(F)nc1. The molecule has 2 bridgehead atoms.